The van der Waals surface area contributed by atoms with E-state index in [1.54, 1.807) is 11.3 Å². The molecule has 0 N–H and O–H groups in total. The van der Waals surface area contributed by atoms with E-state index in [4.69, 9.17) is 11.6 Å². The standard InChI is InChI=1S/C23H22ClN3S/c1-14-10-11-18(12-15(14)2)19-16(3)28-22-20(19)21(25-23(24)26-22)27(4)13-17-8-6-5-7-9-17/h5-12H,13H2,1-4H3. The lowest BCUT2D eigenvalue weighted by atomic mass is 9.99. The Labute approximate surface area is 174 Å². The van der Waals surface area contributed by atoms with Gasteiger partial charge in [-0.2, -0.15) is 4.98 Å². The molecule has 0 saturated heterocycles. The molecule has 28 heavy (non-hydrogen) atoms. The van der Waals surface area contributed by atoms with Crippen molar-refractivity contribution in [2.75, 3.05) is 11.9 Å². The number of hydrogen-bond donors (Lipinski definition) is 0. The van der Waals surface area contributed by atoms with Crippen molar-refractivity contribution in [2.45, 2.75) is 27.3 Å². The van der Waals surface area contributed by atoms with Gasteiger partial charge in [0.2, 0.25) is 5.28 Å². The molecule has 2 heterocycles. The molecule has 0 saturated carbocycles. The first kappa shape index (κ1) is 18.9. The van der Waals surface area contributed by atoms with Crippen molar-refractivity contribution < 1.29 is 0 Å². The molecule has 3 nitrogen and oxygen atoms in total. The molecule has 0 radical (unpaired) electrons. The van der Waals surface area contributed by atoms with Gasteiger partial charge in [0.15, 0.2) is 0 Å². The molecule has 0 atom stereocenters. The predicted octanol–water partition coefficient (Wildman–Crippen LogP) is 6.57. The average molecular weight is 408 g/mol. The summed E-state index contributed by atoms with van der Waals surface area (Å²) in [6.07, 6.45) is 0. The highest BCUT2D eigenvalue weighted by Crippen LogP contribution is 2.42. The Morgan fingerprint density at radius 2 is 1.71 bits per heavy atom. The second-order valence-electron chi connectivity index (χ2n) is 7.17. The molecule has 5 heteroatoms. The van der Waals surface area contributed by atoms with E-state index in [0.717, 1.165) is 22.6 Å². The average Bonchev–Trinajstić information content (AvgIpc) is 2.99. The van der Waals surface area contributed by atoms with Crippen LogP contribution in [-0.2, 0) is 6.54 Å². The SMILES string of the molecule is Cc1ccc(-c2c(C)sc3nc(Cl)nc(N(C)Cc4ccccc4)c23)cc1C. The summed E-state index contributed by atoms with van der Waals surface area (Å²) < 4.78 is 0. The number of benzene rings is 2. The zero-order chi connectivity index (χ0) is 19.8. The van der Waals surface area contributed by atoms with Crippen LogP contribution in [0.1, 0.15) is 21.6 Å². The molecular formula is C23H22ClN3S. The van der Waals surface area contributed by atoms with E-state index in [1.165, 1.54) is 32.7 Å². The summed E-state index contributed by atoms with van der Waals surface area (Å²) in [4.78, 5) is 13.5. The number of rotatable bonds is 4. The molecule has 0 amide bonds. The summed E-state index contributed by atoms with van der Waals surface area (Å²) in [6.45, 7) is 7.19. The fourth-order valence-electron chi connectivity index (χ4n) is 3.52. The van der Waals surface area contributed by atoms with Gasteiger partial charge in [-0.3, -0.25) is 0 Å². The van der Waals surface area contributed by atoms with Crippen LogP contribution >= 0.6 is 22.9 Å². The maximum Gasteiger partial charge on any atom is 0.225 e. The molecule has 4 rings (SSSR count). The van der Waals surface area contributed by atoms with Gasteiger partial charge in [-0.15, -0.1) is 11.3 Å². The minimum Gasteiger partial charge on any atom is -0.355 e. The summed E-state index contributed by atoms with van der Waals surface area (Å²) in [6, 6.07) is 17.0. The van der Waals surface area contributed by atoms with Crippen molar-refractivity contribution in [2.24, 2.45) is 0 Å². The minimum atomic E-state index is 0.287. The molecule has 0 aliphatic rings. The maximum absolute atomic E-state index is 6.28. The molecule has 2 aromatic heterocycles. The van der Waals surface area contributed by atoms with Gasteiger partial charge in [0.1, 0.15) is 10.6 Å². The molecular weight excluding hydrogens is 386 g/mol. The van der Waals surface area contributed by atoms with E-state index in [0.29, 0.717) is 0 Å². The lowest BCUT2D eigenvalue weighted by Crippen LogP contribution is -2.18. The Hall–Kier alpha value is -2.43. The van der Waals surface area contributed by atoms with Crippen LogP contribution in [0.15, 0.2) is 48.5 Å². The smallest absolute Gasteiger partial charge is 0.225 e. The van der Waals surface area contributed by atoms with Crippen LogP contribution in [0.2, 0.25) is 5.28 Å². The number of hydrogen-bond acceptors (Lipinski definition) is 4. The van der Waals surface area contributed by atoms with Gasteiger partial charge >= 0.3 is 0 Å². The second-order valence-corrected chi connectivity index (χ2v) is 8.71. The Bertz CT molecular complexity index is 1150. The molecule has 0 spiro atoms. The van der Waals surface area contributed by atoms with Gasteiger partial charge in [0, 0.05) is 24.0 Å². The van der Waals surface area contributed by atoms with E-state index in [-0.39, 0.29) is 5.28 Å². The number of anilines is 1. The van der Waals surface area contributed by atoms with Crippen LogP contribution in [0.3, 0.4) is 0 Å². The highest BCUT2D eigenvalue weighted by atomic mass is 35.5. The number of fused-ring (bicyclic) bond motifs is 1. The summed E-state index contributed by atoms with van der Waals surface area (Å²) in [5.74, 6) is 0.872. The van der Waals surface area contributed by atoms with Gasteiger partial charge in [-0.05, 0) is 54.6 Å². The monoisotopic (exact) mass is 407 g/mol. The fraction of sp³-hybridized carbons (Fsp3) is 0.217. The summed E-state index contributed by atoms with van der Waals surface area (Å²) in [5.41, 5.74) is 6.21. The Morgan fingerprint density at radius 3 is 2.43 bits per heavy atom. The van der Waals surface area contributed by atoms with E-state index < -0.39 is 0 Å². The lowest BCUT2D eigenvalue weighted by molar-refractivity contribution is 0.901. The zero-order valence-electron chi connectivity index (χ0n) is 16.5. The van der Waals surface area contributed by atoms with Gasteiger partial charge in [-0.25, -0.2) is 4.98 Å². The highest BCUT2D eigenvalue weighted by molar-refractivity contribution is 7.19. The lowest BCUT2D eigenvalue weighted by Gasteiger charge is -2.20. The molecule has 0 bridgehead atoms. The first-order chi connectivity index (χ1) is 13.4. The number of aromatic nitrogens is 2. The zero-order valence-corrected chi connectivity index (χ0v) is 18.0. The highest BCUT2D eigenvalue weighted by Gasteiger charge is 2.20. The third kappa shape index (κ3) is 3.50. The van der Waals surface area contributed by atoms with Crippen LogP contribution in [-0.4, -0.2) is 17.0 Å². The van der Waals surface area contributed by atoms with Crippen molar-refractivity contribution in [1.29, 1.82) is 0 Å². The van der Waals surface area contributed by atoms with E-state index in [2.05, 4.69) is 85.2 Å². The van der Waals surface area contributed by atoms with Gasteiger partial charge in [0.05, 0.1) is 5.39 Å². The quantitative estimate of drug-likeness (QED) is 0.358. The summed E-state index contributed by atoms with van der Waals surface area (Å²) in [7, 11) is 2.06. The first-order valence-corrected chi connectivity index (χ1v) is 10.4. The van der Waals surface area contributed by atoms with E-state index >= 15 is 0 Å². The van der Waals surface area contributed by atoms with Gasteiger partial charge < -0.3 is 4.90 Å². The molecule has 4 aromatic rings. The number of thiophene rings is 1. The van der Waals surface area contributed by atoms with E-state index in [1.807, 2.05) is 6.07 Å². The molecule has 0 aliphatic carbocycles. The minimum absolute atomic E-state index is 0.287. The Balaban J connectivity index is 1.89. The second kappa shape index (κ2) is 7.53. The van der Waals surface area contributed by atoms with Crippen molar-refractivity contribution in [3.05, 3.63) is 75.4 Å². The normalized spacial score (nSPS) is 11.2. The summed E-state index contributed by atoms with van der Waals surface area (Å²) in [5, 5.41) is 1.36. The van der Waals surface area contributed by atoms with Crippen LogP contribution in [0, 0.1) is 20.8 Å². The number of nitrogens with zero attached hydrogens (tertiary/aromatic N) is 3. The summed E-state index contributed by atoms with van der Waals surface area (Å²) >= 11 is 7.96. The maximum atomic E-state index is 6.28. The predicted molar refractivity (Wildman–Crippen MR) is 121 cm³/mol. The topological polar surface area (TPSA) is 29.0 Å². The Kier molecular flexibility index (Phi) is 5.09. The molecule has 2 aromatic carbocycles. The van der Waals surface area contributed by atoms with Crippen molar-refractivity contribution in [3.63, 3.8) is 0 Å². The number of aryl methyl sites for hydroxylation is 3. The number of halogens is 1. The van der Waals surface area contributed by atoms with E-state index in [9.17, 15) is 0 Å². The Morgan fingerprint density at radius 1 is 0.964 bits per heavy atom. The van der Waals surface area contributed by atoms with Crippen LogP contribution in [0.25, 0.3) is 21.3 Å². The third-order valence-electron chi connectivity index (χ3n) is 5.10. The van der Waals surface area contributed by atoms with Crippen LogP contribution in [0.5, 0.6) is 0 Å². The molecule has 0 unspecified atom stereocenters. The molecule has 0 aliphatic heterocycles. The largest absolute Gasteiger partial charge is 0.355 e. The van der Waals surface area contributed by atoms with Crippen molar-refractivity contribution >= 4 is 39.0 Å². The van der Waals surface area contributed by atoms with Crippen LogP contribution < -0.4 is 4.90 Å². The molecule has 142 valence electrons. The first-order valence-electron chi connectivity index (χ1n) is 9.23. The van der Waals surface area contributed by atoms with Gasteiger partial charge in [0.25, 0.3) is 0 Å². The van der Waals surface area contributed by atoms with Crippen LogP contribution in [0.4, 0.5) is 5.82 Å². The van der Waals surface area contributed by atoms with Gasteiger partial charge in [-0.1, -0.05) is 48.5 Å². The van der Waals surface area contributed by atoms with Crippen molar-refractivity contribution in [1.82, 2.24) is 9.97 Å². The fourth-order valence-corrected chi connectivity index (χ4v) is 4.78. The third-order valence-corrected chi connectivity index (χ3v) is 6.27. The molecule has 0 fully saturated rings. The van der Waals surface area contributed by atoms with Crippen molar-refractivity contribution in [3.8, 4) is 11.1 Å².